The molecule has 0 spiro atoms. The number of alkyl halides is 1. The van der Waals surface area contributed by atoms with Gasteiger partial charge in [0.05, 0.1) is 5.56 Å². The second kappa shape index (κ2) is 6.90. The van der Waals surface area contributed by atoms with Crippen molar-refractivity contribution in [3.63, 3.8) is 0 Å². The lowest BCUT2D eigenvalue weighted by Gasteiger charge is -2.15. The van der Waals surface area contributed by atoms with Crippen molar-refractivity contribution in [1.29, 1.82) is 0 Å². The topological polar surface area (TPSA) is 29.1 Å². The average Bonchev–Trinajstić information content (AvgIpc) is 2.15. The Morgan fingerprint density at radius 1 is 1.35 bits per heavy atom. The molecule has 1 aromatic carbocycles. The minimum absolute atomic E-state index is 0.0509. The molecule has 1 amide bonds. The highest BCUT2D eigenvalue weighted by Gasteiger charge is 2.14. The van der Waals surface area contributed by atoms with Crippen molar-refractivity contribution in [2.45, 2.75) is 31.1 Å². The number of nitrogens with one attached hydrogen (secondary N) is 1. The Kier molecular flexibility index (Phi) is 6.17. The van der Waals surface area contributed by atoms with Crippen molar-refractivity contribution in [2.24, 2.45) is 0 Å². The first kappa shape index (κ1) is 15.2. The van der Waals surface area contributed by atoms with Crippen LogP contribution in [0.1, 0.15) is 30.6 Å². The zero-order chi connectivity index (χ0) is 13.0. The molecule has 17 heavy (non-hydrogen) atoms. The van der Waals surface area contributed by atoms with E-state index in [2.05, 4.69) is 60.0 Å². The van der Waals surface area contributed by atoms with Gasteiger partial charge >= 0.3 is 0 Å². The first-order valence-corrected chi connectivity index (χ1v) is 7.80. The van der Waals surface area contributed by atoms with Gasteiger partial charge in [-0.15, -0.1) is 0 Å². The van der Waals surface area contributed by atoms with Crippen LogP contribution in [-0.2, 0) is 0 Å². The van der Waals surface area contributed by atoms with Crippen LogP contribution in [0.2, 0.25) is 0 Å². The van der Waals surface area contributed by atoms with E-state index in [0.29, 0.717) is 10.4 Å². The number of hydrogen-bond donors (Lipinski definition) is 1. The number of carbonyl (C=O) groups excluding carboxylic acids is 1. The maximum atomic E-state index is 12.0. The lowest BCUT2D eigenvalue weighted by atomic mass is 10.1. The van der Waals surface area contributed by atoms with Gasteiger partial charge in [0.25, 0.3) is 5.91 Å². The molecule has 0 bridgehead atoms. The molecule has 2 unspecified atom stereocenters. The summed E-state index contributed by atoms with van der Waals surface area (Å²) in [5.41, 5.74) is 0.655. The van der Waals surface area contributed by atoms with Crippen molar-refractivity contribution in [1.82, 2.24) is 5.32 Å². The molecule has 0 radical (unpaired) electrons. The third kappa shape index (κ3) is 5.10. The van der Waals surface area contributed by atoms with E-state index in [4.69, 9.17) is 0 Å². The molecule has 94 valence electrons. The number of rotatable bonds is 4. The zero-order valence-electron chi connectivity index (χ0n) is 9.64. The van der Waals surface area contributed by atoms with Crippen molar-refractivity contribution in [3.05, 3.63) is 32.7 Å². The van der Waals surface area contributed by atoms with Gasteiger partial charge in [-0.1, -0.05) is 38.8 Å². The molecule has 0 aliphatic carbocycles. The fourth-order valence-corrected chi connectivity index (χ4v) is 3.31. The van der Waals surface area contributed by atoms with Crippen molar-refractivity contribution >= 4 is 53.7 Å². The van der Waals surface area contributed by atoms with Crippen LogP contribution in [0.5, 0.6) is 0 Å². The average molecular weight is 428 g/mol. The SMILES string of the molecule is CC(Br)CC(C)NC(=O)c1ccc(Br)cc1Br. The van der Waals surface area contributed by atoms with Gasteiger partial charge in [0.1, 0.15) is 0 Å². The molecule has 0 heterocycles. The monoisotopic (exact) mass is 425 g/mol. The Hall–Kier alpha value is 0.130. The van der Waals surface area contributed by atoms with Gasteiger partial charge in [-0.05, 0) is 47.5 Å². The molecular weight excluding hydrogens is 414 g/mol. The molecule has 1 rings (SSSR count). The number of benzene rings is 1. The summed E-state index contributed by atoms with van der Waals surface area (Å²) in [7, 11) is 0. The van der Waals surface area contributed by atoms with Crippen LogP contribution in [0.25, 0.3) is 0 Å². The highest BCUT2D eigenvalue weighted by molar-refractivity contribution is 9.11. The molecule has 0 saturated carbocycles. The summed E-state index contributed by atoms with van der Waals surface area (Å²) in [5.74, 6) is -0.0509. The maximum absolute atomic E-state index is 12.0. The molecule has 0 saturated heterocycles. The Balaban J connectivity index is 2.70. The van der Waals surface area contributed by atoms with E-state index in [1.165, 1.54) is 0 Å². The summed E-state index contributed by atoms with van der Waals surface area (Å²) in [6.07, 6.45) is 0.903. The van der Waals surface area contributed by atoms with Crippen LogP contribution in [-0.4, -0.2) is 16.8 Å². The quantitative estimate of drug-likeness (QED) is 0.704. The van der Waals surface area contributed by atoms with Crippen molar-refractivity contribution in [2.75, 3.05) is 0 Å². The van der Waals surface area contributed by atoms with Crippen LogP contribution < -0.4 is 5.32 Å². The number of amides is 1. The van der Waals surface area contributed by atoms with Crippen LogP contribution >= 0.6 is 47.8 Å². The van der Waals surface area contributed by atoms with Gasteiger partial charge in [-0.2, -0.15) is 0 Å². The van der Waals surface area contributed by atoms with E-state index in [-0.39, 0.29) is 11.9 Å². The minimum Gasteiger partial charge on any atom is -0.350 e. The minimum atomic E-state index is -0.0509. The molecule has 2 atom stereocenters. The van der Waals surface area contributed by atoms with Gasteiger partial charge < -0.3 is 5.32 Å². The molecule has 0 aromatic heterocycles. The molecule has 5 heteroatoms. The van der Waals surface area contributed by atoms with Crippen LogP contribution in [0, 0.1) is 0 Å². The summed E-state index contributed by atoms with van der Waals surface area (Å²) >= 11 is 10.2. The molecule has 1 N–H and O–H groups in total. The van der Waals surface area contributed by atoms with Crippen LogP contribution in [0.4, 0.5) is 0 Å². The summed E-state index contributed by atoms with van der Waals surface area (Å²) in [6.45, 7) is 4.07. The first-order chi connectivity index (χ1) is 7.90. The van der Waals surface area contributed by atoms with Gasteiger partial charge in [-0.3, -0.25) is 4.79 Å². The molecule has 1 aromatic rings. The highest BCUT2D eigenvalue weighted by atomic mass is 79.9. The van der Waals surface area contributed by atoms with E-state index in [0.717, 1.165) is 15.4 Å². The maximum Gasteiger partial charge on any atom is 0.252 e. The smallest absolute Gasteiger partial charge is 0.252 e. The van der Waals surface area contributed by atoms with Crippen molar-refractivity contribution in [3.8, 4) is 0 Å². The Morgan fingerprint density at radius 2 is 2.00 bits per heavy atom. The summed E-state index contributed by atoms with van der Waals surface area (Å²) in [5, 5.41) is 2.97. The highest BCUT2D eigenvalue weighted by Crippen LogP contribution is 2.22. The van der Waals surface area contributed by atoms with Crippen LogP contribution in [0.3, 0.4) is 0 Å². The standard InChI is InChI=1S/C12H14Br3NO/c1-7(13)5-8(2)16-12(17)10-4-3-9(14)6-11(10)15/h3-4,6-8H,5H2,1-2H3,(H,16,17). The second-order valence-corrected chi connectivity index (χ2v) is 7.35. The van der Waals surface area contributed by atoms with Gasteiger partial charge in [-0.25, -0.2) is 0 Å². The predicted molar refractivity (Wildman–Crippen MR) is 81.8 cm³/mol. The number of halogens is 3. The third-order valence-electron chi connectivity index (χ3n) is 2.23. The van der Waals surface area contributed by atoms with E-state index < -0.39 is 0 Å². The summed E-state index contributed by atoms with van der Waals surface area (Å²) < 4.78 is 1.74. The van der Waals surface area contributed by atoms with Crippen LogP contribution in [0.15, 0.2) is 27.1 Å². The Morgan fingerprint density at radius 3 is 2.53 bits per heavy atom. The van der Waals surface area contributed by atoms with E-state index in [1.54, 1.807) is 6.07 Å². The summed E-state index contributed by atoms with van der Waals surface area (Å²) in [6, 6.07) is 5.67. The molecule has 2 nitrogen and oxygen atoms in total. The van der Waals surface area contributed by atoms with Gasteiger partial charge in [0.2, 0.25) is 0 Å². The van der Waals surface area contributed by atoms with Gasteiger partial charge in [0, 0.05) is 19.8 Å². The second-order valence-electron chi connectivity index (χ2n) is 4.02. The summed E-state index contributed by atoms with van der Waals surface area (Å²) in [4.78, 5) is 12.4. The number of hydrogen-bond acceptors (Lipinski definition) is 1. The Labute approximate surface area is 127 Å². The van der Waals surface area contributed by atoms with Crippen molar-refractivity contribution < 1.29 is 4.79 Å². The molecular formula is C12H14Br3NO. The fourth-order valence-electron chi connectivity index (χ4n) is 1.52. The Bertz CT molecular complexity index is 407. The lowest BCUT2D eigenvalue weighted by molar-refractivity contribution is 0.0938. The first-order valence-electron chi connectivity index (χ1n) is 5.30. The van der Waals surface area contributed by atoms with E-state index >= 15 is 0 Å². The zero-order valence-corrected chi connectivity index (χ0v) is 14.4. The predicted octanol–water partition coefficient (Wildman–Crippen LogP) is 4.50. The molecule has 0 aliphatic heterocycles. The molecule has 0 aliphatic rings. The number of carbonyl (C=O) groups is 1. The fraction of sp³-hybridized carbons (Fsp3) is 0.417. The van der Waals surface area contributed by atoms with E-state index in [9.17, 15) is 4.79 Å². The largest absolute Gasteiger partial charge is 0.350 e. The normalized spacial score (nSPS) is 14.2. The molecule has 0 fully saturated rings. The lowest BCUT2D eigenvalue weighted by Crippen LogP contribution is -2.34. The van der Waals surface area contributed by atoms with E-state index in [1.807, 2.05) is 19.1 Å². The third-order valence-corrected chi connectivity index (χ3v) is 3.75. The van der Waals surface area contributed by atoms with Gasteiger partial charge in [0.15, 0.2) is 0 Å².